The van der Waals surface area contributed by atoms with Gasteiger partial charge in [0.05, 0.1) is 26.0 Å². The molecule has 4 rings (SSSR count). The van der Waals surface area contributed by atoms with Gasteiger partial charge in [-0.2, -0.15) is 5.10 Å². The van der Waals surface area contributed by atoms with Crippen LogP contribution in [-0.2, 0) is 33.9 Å². The predicted molar refractivity (Wildman–Crippen MR) is 147 cm³/mol. The number of anilines is 1. The second-order valence-corrected chi connectivity index (χ2v) is 8.93. The van der Waals surface area contributed by atoms with Crippen LogP contribution in [0.3, 0.4) is 0 Å². The smallest absolute Gasteiger partial charge is 0.337 e. The Kier molecular flexibility index (Phi) is 9.51. The molecule has 1 atom stereocenters. The summed E-state index contributed by atoms with van der Waals surface area (Å²) >= 11 is 0. The van der Waals surface area contributed by atoms with E-state index >= 15 is 0 Å². The van der Waals surface area contributed by atoms with E-state index in [-0.39, 0.29) is 28.7 Å². The van der Waals surface area contributed by atoms with Gasteiger partial charge in [-0.3, -0.25) is 0 Å². The van der Waals surface area contributed by atoms with E-state index in [0.29, 0.717) is 11.1 Å². The van der Waals surface area contributed by atoms with Gasteiger partial charge in [-0.05, 0) is 79.9 Å². The van der Waals surface area contributed by atoms with Crippen LogP contribution in [0.1, 0.15) is 40.9 Å². The van der Waals surface area contributed by atoms with Crippen LogP contribution >= 0.6 is 0 Å². The predicted octanol–water partition coefficient (Wildman–Crippen LogP) is 5.69. The van der Waals surface area contributed by atoms with Gasteiger partial charge in [0, 0.05) is 46.3 Å². The van der Waals surface area contributed by atoms with E-state index in [0.717, 1.165) is 30.1 Å². The number of esters is 1. The minimum Gasteiger partial charge on any atom is -0.497 e. The largest absolute Gasteiger partial charge is 0.497 e. The van der Waals surface area contributed by atoms with E-state index in [4.69, 9.17) is 9.47 Å². The number of methoxy groups -OCH3 is 2. The molecule has 0 saturated heterocycles. The van der Waals surface area contributed by atoms with Crippen molar-refractivity contribution in [3.8, 4) is 5.75 Å². The van der Waals surface area contributed by atoms with Crippen LogP contribution in [0.4, 0.5) is 5.69 Å². The Morgan fingerprint density at radius 2 is 1.71 bits per heavy atom. The van der Waals surface area contributed by atoms with Crippen molar-refractivity contribution >= 4 is 23.8 Å². The van der Waals surface area contributed by atoms with Crippen LogP contribution in [0.25, 0.3) is 0 Å². The molecule has 0 amide bonds. The van der Waals surface area contributed by atoms with Crippen LogP contribution in [0.15, 0.2) is 94.8 Å². The van der Waals surface area contributed by atoms with Gasteiger partial charge in [0.25, 0.3) is 0 Å². The quantitative estimate of drug-likeness (QED) is 0.169. The number of carbonyl (C=O) groups is 1. The summed E-state index contributed by atoms with van der Waals surface area (Å²) in [6.07, 6.45) is 4.35. The van der Waals surface area contributed by atoms with Crippen LogP contribution in [0.5, 0.6) is 5.75 Å². The van der Waals surface area contributed by atoms with Crippen molar-refractivity contribution in [1.29, 1.82) is 0 Å². The first-order valence-corrected chi connectivity index (χ1v) is 12.1. The summed E-state index contributed by atoms with van der Waals surface area (Å²) in [5, 5.41) is 18.4. The molecule has 0 spiro atoms. The zero-order valence-corrected chi connectivity index (χ0v) is 23.2. The fourth-order valence-corrected chi connectivity index (χ4v) is 4.81. The van der Waals surface area contributed by atoms with Crippen molar-refractivity contribution < 1.29 is 36.7 Å². The fourth-order valence-electron chi connectivity index (χ4n) is 4.81. The topological polar surface area (TPSA) is 83.7 Å². The van der Waals surface area contributed by atoms with Crippen LogP contribution in [0, 0.1) is 0 Å². The molecule has 0 bridgehead atoms. The maximum atomic E-state index is 11.6. The molecule has 8 heteroatoms. The number of rotatable bonds is 8. The van der Waals surface area contributed by atoms with E-state index in [1.807, 2.05) is 18.2 Å². The SMILES string of the molecule is CCN1\C(=C/C=N/N=C(\O)c2ccc(C(=O)OC)cc2)C(C)(Cc2ccccc2)c2cc(OC)ccc21.[Cr]. The molecule has 1 heterocycles. The first-order valence-electron chi connectivity index (χ1n) is 12.1. The van der Waals surface area contributed by atoms with Gasteiger partial charge in [-0.15, -0.1) is 5.10 Å². The normalized spacial score (nSPS) is 17.8. The van der Waals surface area contributed by atoms with Gasteiger partial charge in [-0.1, -0.05) is 30.3 Å². The van der Waals surface area contributed by atoms with E-state index in [9.17, 15) is 9.90 Å². The molecule has 196 valence electrons. The summed E-state index contributed by atoms with van der Waals surface area (Å²) in [4.78, 5) is 13.9. The molecular formula is C30H31CrN3O4. The Bertz CT molecular complexity index is 1350. The first-order chi connectivity index (χ1) is 17.9. The second kappa shape index (κ2) is 12.6. The average Bonchev–Trinajstić information content (AvgIpc) is 3.17. The Morgan fingerprint density at radius 1 is 1.03 bits per heavy atom. The number of fused-ring (bicyclic) bond motifs is 1. The van der Waals surface area contributed by atoms with Gasteiger partial charge in [0.15, 0.2) is 0 Å². The molecule has 3 aromatic rings. The number of benzene rings is 3. The molecule has 1 unspecified atom stereocenters. The molecule has 38 heavy (non-hydrogen) atoms. The van der Waals surface area contributed by atoms with Crippen molar-refractivity contribution in [3.05, 3.63) is 107 Å². The number of allylic oxidation sites excluding steroid dienone is 2. The van der Waals surface area contributed by atoms with Crippen molar-refractivity contribution in [2.75, 3.05) is 25.7 Å². The Balaban J connectivity index is 0.00000400. The molecule has 0 aromatic heterocycles. The van der Waals surface area contributed by atoms with Crippen molar-refractivity contribution in [2.45, 2.75) is 25.7 Å². The molecular weight excluding hydrogens is 518 g/mol. The maximum absolute atomic E-state index is 11.6. The third kappa shape index (κ3) is 5.83. The maximum Gasteiger partial charge on any atom is 0.337 e. The molecule has 7 nitrogen and oxygen atoms in total. The van der Waals surface area contributed by atoms with E-state index in [1.165, 1.54) is 18.2 Å². The average molecular weight is 550 g/mol. The number of aliphatic hydroxyl groups excluding tert-OH is 1. The second-order valence-electron chi connectivity index (χ2n) is 8.93. The fraction of sp³-hybridized carbons (Fsp3) is 0.233. The number of hydrogen-bond donors (Lipinski definition) is 1. The van der Waals surface area contributed by atoms with Gasteiger partial charge >= 0.3 is 5.97 Å². The summed E-state index contributed by atoms with van der Waals surface area (Å²) in [7, 11) is 3.00. The molecule has 1 aliphatic heterocycles. The summed E-state index contributed by atoms with van der Waals surface area (Å²) in [5.74, 6) is 0.128. The number of hydrogen-bond acceptors (Lipinski definition) is 6. The van der Waals surface area contributed by atoms with Gasteiger partial charge in [0.1, 0.15) is 5.75 Å². The summed E-state index contributed by atoms with van der Waals surface area (Å²) < 4.78 is 10.2. The minimum absolute atomic E-state index is 0. The molecule has 0 fully saturated rings. The van der Waals surface area contributed by atoms with Gasteiger partial charge in [0.2, 0.25) is 5.90 Å². The number of nitrogens with zero attached hydrogens (tertiary/aromatic N) is 3. The molecule has 0 saturated carbocycles. The van der Waals surface area contributed by atoms with Crippen molar-refractivity contribution in [2.24, 2.45) is 10.2 Å². The monoisotopic (exact) mass is 549 g/mol. The summed E-state index contributed by atoms with van der Waals surface area (Å²) in [6.45, 7) is 5.14. The van der Waals surface area contributed by atoms with Crippen LogP contribution < -0.4 is 9.64 Å². The molecule has 1 N–H and O–H groups in total. The van der Waals surface area contributed by atoms with Crippen molar-refractivity contribution in [1.82, 2.24) is 0 Å². The van der Waals surface area contributed by atoms with E-state index in [2.05, 4.69) is 65.3 Å². The van der Waals surface area contributed by atoms with Crippen molar-refractivity contribution in [3.63, 3.8) is 0 Å². The first kappa shape index (κ1) is 28.7. The number of carbonyl (C=O) groups excluding carboxylic acids is 1. The number of aliphatic hydroxyl groups is 1. The molecule has 3 aromatic carbocycles. The van der Waals surface area contributed by atoms with Crippen LogP contribution in [0.2, 0.25) is 0 Å². The standard InChI is InChI=1S/C30H31N3O4.Cr/c1-5-33-26-16-15-24(36-3)19-25(26)30(2,20-21-9-7-6-8-10-21)27(33)17-18-31-32-28(34)22-11-13-23(14-12-22)29(35)37-4;/h6-19H,5,20H2,1-4H3,(H,32,34);/b27-17-,31-18+;. The Labute approximate surface area is 234 Å². The molecule has 1 aliphatic rings. The zero-order chi connectivity index (χ0) is 26.4. The zero-order valence-electron chi connectivity index (χ0n) is 21.9. The Morgan fingerprint density at radius 3 is 2.34 bits per heavy atom. The number of likely N-dealkylation sites (N-methyl/N-ethyl adjacent to an activating group) is 1. The Hall–Kier alpha value is -3.86. The minimum atomic E-state index is -0.443. The third-order valence-electron chi connectivity index (χ3n) is 6.68. The van der Waals surface area contributed by atoms with E-state index < -0.39 is 5.97 Å². The summed E-state index contributed by atoms with van der Waals surface area (Å²) in [6, 6.07) is 22.9. The summed E-state index contributed by atoms with van der Waals surface area (Å²) in [5.41, 5.74) is 5.15. The number of ether oxygens (including phenoxy) is 2. The third-order valence-corrected chi connectivity index (χ3v) is 6.68. The molecule has 0 aliphatic carbocycles. The molecule has 0 radical (unpaired) electrons. The van der Waals surface area contributed by atoms with E-state index in [1.54, 1.807) is 37.6 Å². The van der Waals surface area contributed by atoms with Gasteiger partial charge in [-0.25, -0.2) is 4.79 Å². The van der Waals surface area contributed by atoms with Crippen LogP contribution in [-0.4, -0.2) is 44.0 Å². The van der Waals surface area contributed by atoms with Gasteiger partial charge < -0.3 is 19.5 Å².